The standard InChI is InChI=1S/C23H25N3O4S/c1-16-4-9-22-20(14-16)21(15-17(2)24-22)23(27)25-10-12-26(13-11-25)31(28,29)19-7-5-18(30-3)6-8-19/h4-9,14-15H,10-13H2,1-3H3. The second-order valence-electron chi connectivity index (χ2n) is 7.70. The quantitative estimate of drug-likeness (QED) is 0.624. The van der Waals surface area contributed by atoms with Gasteiger partial charge in [-0.25, -0.2) is 8.42 Å². The van der Waals surface area contributed by atoms with Crippen molar-refractivity contribution >= 4 is 26.8 Å². The highest BCUT2D eigenvalue weighted by atomic mass is 32.2. The summed E-state index contributed by atoms with van der Waals surface area (Å²) >= 11 is 0. The van der Waals surface area contributed by atoms with Crippen molar-refractivity contribution in [2.24, 2.45) is 0 Å². The molecule has 0 radical (unpaired) electrons. The molecule has 0 atom stereocenters. The van der Waals surface area contributed by atoms with Crippen LogP contribution in [-0.4, -0.2) is 61.8 Å². The summed E-state index contributed by atoms with van der Waals surface area (Å²) in [5, 5.41) is 0.823. The van der Waals surface area contributed by atoms with Crippen molar-refractivity contribution in [2.45, 2.75) is 18.7 Å². The number of aryl methyl sites for hydroxylation is 2. The Kier molecular flexibility index (Phi) is 5.68. The minimum absolute atomic E-state index is 0.0948. The highest BCUT2D eigenvalue weighted by Crippen LogP contribution is 2.24. The number of piperazine rings is 1. The van der Waals surface area contributed by atoms with Gasteiger partial charge < -0.3 is 9.64 Å². The van der Waals surface area contributed by atoms with Crippen LogP contribution in [0.2, 0.25) is 0 Å². The number of rotatable bonds is 4. The Labute approximate surface area is 182 Å². The Hall–Kier alpha value is -2.97. The number of hydrogen-bond donors (Lipinski definition) is 0. The molecule has 7 nitrogen and oxygen atoms in total. The molecule has 0 saturated carbocycles. The third kappa shape index (κ3) is 4.13. The number of hydrogen-bond acceptors (Lipinski definition) is 5. The van der Waals surface area contributed by atoms with E-state index in [-0.39, 0.29) is 23.9 Å². The third-order valence-electron chi connectivity index (χ3n) is 5.55. The maximum Gasteiger partial charge on any atom is 0.254 e. The molecule has 0 bridgehead atoms. The van der Waals surface area contributed by atoms with Crippen molar-refractivity contribution in [3.63, 3.8) is 0 Å². The molecule has 1 aliphatic rings. The van der Waals surface area contributed by atoms with Crippen molar-refractivity contribution in [1.29, 1.82) is 0 Å². The number of benzene rings is 2. The number of sulfonamides is 1. The minimum Gasteiger partial charge on any atom is -0.497 e. The zero-order chi connectivity index (χ0) is 22.2. The molecule has 4 rings (SSSR count). The van der Waals surface area contributed by atoms with Crippen LogP contribution in [0.5, 0.6) is 5.75 Å². The fourth-order valence-corrected chi connectivity index (χ4v) is 5.27. The van der Waals surface area contributed by atoms with E-state index in [1.165, 1.54) is 11.4 Å². The van der Waals surface area contributed by atoms with E-state index >= 15 is 0 Å². The predicted octanol–water partition coefficient (Wildman–Crippen LogP) is 3.01. The Balaban J connectivity index is 1.53. The molecule has 0 unspecified atom stereocenters. The van der Waals surface area contributed by atoms with Gasteiger partial charge in [0.15, 0.2) is 0 Å². The van der Waals surface area contributed by atoms with Gasteiger partial charge in [-0.1, -0.05) is 11.6 Å². The minimum atomic E-state index is -3.62. The molecule has 0 N–H and O–H groups in total. The second kappa shape index (κ2) is 8.28. The van der Waals surface area contributed by atoms with Crippen molar-refractivity contribution in [1.82, 2.24) is 14.2 Å². The number of carbonyl (C=O) groups is 1. The molecule has 31 heavy (non-hydrogen) atoms. The maximum atomic E-state index is 13.3. The first-order valence-corrected chi connectivity index (χ1v) is 11.5. The van der Waals surface area contributed by atoms with E-state index in [1.54, 1.807) is 29.2 Å². The highest BCUT2D eigenvalue weighted by Gasteiger charge is 2.31. The molecular weight excluding hydrogens is 414 g/mol. The smallest absolute Gasteiger partial charge is 0.254 e. The lowest BCUT2D eigenvalue weighted by Gasteiger charge is -2.34. The monoisotopic (exact) mass is 439 g/mol. The summed E-state index contributed by atoms with van der Waals surface area (Å²) in [4.78, 5) is 19.8. The number of aromatic nitrogens is 1. The predicted molar refractivity (Wildman–Crippen MR) is 119 cm³/mol. The van der Waals surface area contributed by atoms with Crippen LogP contribution in [0.15, 0.2) is 53.4 Å². The normalized spacial score (nSPS) is 15.3. The summed E-state index contributed by atoms with van der Waals surface area (Å²) in [7, 11) is -2.08. The van der Waals surface area contributed by atoms with Crippen molar-refractivity contribution in [3.8, 4) is 5.75 Å². The van der Waals surface area contributed by atoms with E-state index in [0.717, 1.165) is 22.2 Å². The van der Waals surface area contributed by atoms with Crippen molar-refractivity contribution in [3.05, 3.63) is 65.4 Å². The van der Waals surface area contributed by atoms with Gasteiger partial charge in [0.25, 0.3) is 5.91 Å². The number of pyridine rings is 1. The van der Waals surface area contributed by atoms with E-state index in [1.807, 2.05) is 38.1 Å². The van der Waals surface area contributed by atoms with Crippen LogP contribution < -0.4 is 4.74 Å². The average Bonchev–Trinajstić information content (AvgIpc) is 2.78. The van der Waals surface area contributed by atoms with Crippen LogP contribution >= 0.6 is 0 Å². The zero-order valence-electron chi connectivity index (χ0n) is 17.8. The topological polar surface area (TPSA) is 79.8 Å². The summed E-state index contributed by atoms with van der Waals surface area (Å²) in [6, 6.07) is 14.0. The van der Waals surface area contributed by atoms with Crippen molar-refractivity contribution in [2.75, 3.05) is 33.3 Å². The van der Waals surface area contributed by atoms with E-state index in [0.29, 0.717) is 24.4 Å². The molecule has 1 saturated heterocycles. The zero-order valence-corrected chi connectivity index (χ0v) is 18.6. The summed E-state index contributed by atoms with van der Waals surface area (Å²) < 4.78 is 32.5. The van der Waals surface area contributed by atoms with Crippen LogP contribution in [0.3, 0.4) is 0 Å². The molecule has 1 fully saturated rings. The van der Waals surface area contributed by atoms with Crippen LogP contribution in [0.4, 0.5) is 0 Å². The first-order valence-electron chi connectivity index (χ1n) is 10.1. The summed E-state index contributed by atoms with van der Waals surface area (Å²) in [5.74, 6) is 0.507. The van der Waals surface area contributed by atoms with Gasteiger partial charge in [-0.3, -0.25) is 9.78 Å². The lowest BCUT2D eigenvalue weighted by atomic mass is 10.0. The largest absolute Gasteiger partial charge is 0.497 e. The van der Waals surface area contributed by atoms with E-state index in [9.17, 15) is 13.2 Å². The van der Waals surface area contributed by atoms with Gasteiger partial charge in [0.1, 0.15) is 5.75 Å². The molecule has 2 aromatic carbocycles. The van der Waals surface area contributed by atoms with Crippen LogP contribution in [0, 0.1) is 13.8 Å². The maximum absolute atomic E-state index is 13.3. The van der Waals surface area contributed by atoms with Crippen LogP contribution in [-0.2, 0) is 10.0 Å². The fraction of sp³-hybridized carbons (Fsp3) is 0.304. The Bertz CT molecular complexity index is 1230. The lowest BCUT2D eigenvalue weighted by molar-refractivity contribution is 0.0699. The number of amides is 1. The second-order valence-corrected chi connectivity index (χ2v) is 9.64. The van der Waals surface area contributed by atoms with Gasteiger partial charge in [-0.15, -0.1) is 0 Å². The van der Waals surface area contributed by atoms with Crippen LogP contribution in [0.25, 0.3) is 10.9 Å². The molecule has 1 aromatic heterocycles. The Morgan fingerprint density at radius 2 is 1.65 bits per heavy atom. The van der Waals surface area contributed by atoms with Gasteiger partial charge in [0.05, 0.1) is 23.1 Å². The fourth-order valence-electron chi connectivity index (χ4n) is 3.85. The molecule has 162 valence electrons. The molecule has 8 heteroatoms. The van der Waals surface area contributed by atoms with Gasteiger partial charge in [-0.2, -0.15) is 4.31 Å². The molecule has 3 aromatic rings. The molecule has 2 heterocycles. The average molecular weight is 440 g/mol. The number of nitrogens with zero attached hydrogens (tertiary/aromatic N) is 3. The summed E-state index contributed by atoms with van der Waals surface area (Å²) in [6.07, 6.45) is 0. The van der Waals surface area contributed by atoms with Crippen molar-refractivity contribution < 1.29 is 17.9 Å². The first kappa shape index (κ1) is 21.3. The van der Waals surface area contributed by atoms with Gasteiger partial charge in [-0.05, 0) is 56.3 Å². The van der Waals surface area contributed by atoms with E-state index in [4.69, 9.17) is 4.74 Å². The molecule has 1 amide bonds. The highest BCUT2D eigenvalue weighted by molar-refractivity contribution is 7.89. The number of methoxy groups -OCH3 is 1. The van der Waals surface area contributed by atoms with E-state index in [2.05, 4.69) is 4.98 Å². The van der Waals surface area contributed by atoms with Gasteiger partial charge in [0, 0.05) is 37.3 Å². The first-order chi connectivity index (χ1) is 14.8. The summed E-state index contributed by atoms with van der Waals surface area (Å²) in [6.45, 7) is 5.03. The Morgan fingerprint density at radius 3 is 2.29 bits per heavy atom. The molecule has 1 aliphatic heterocycles. The third-order valence-corrected chi connectivity index (χ3v) is 7.46. The molecule has 0 spiro atoms. The number of ether oxygens (including phenoxy) is 1. The van der Waals surface area contributed by atoms with Gasteiger partial charge in [0.2, 0.25) is 10.0 Å². The SMILES string of the molecule is COc1ccc(S(=O)(=O)N2CCN(C(=O)c3cc(C)nc4ccc(C)cc34)CC2)cc1. The van der Waals surface area contributed by atoms with Crippen LogP contribution in [0.1, 0.15) is 21.6 Å². The van der Waals surface area contributed by atoms with Gasteiger partial charge >= 0.3 is 0 Å². The number of fused-ring (bicyclic) bond motifs is 1. The number of carbonyl (C=O) groups excluding carboxylic acids is 1. The van der Waals surface area contributed by atoms with E-state index < -0.39 is 10.0 Å². The molecule has 0 aliphatic carbocycles. The lowest BCUT2D eigenvalue weighted by Crippen LogP contribution is -2.50. The Morgan fingerprint density at radius 1 is 0.968 bits per heavy atom. The summed E-state index contributed by atoms with van der Waals surface area (Å²) in [5.41, 5.74) is 3.23. The molecular formula is C23H25N3O4S.